The molecule has 0 aliphatic carbocycles. The van der Waals surface area contributed by atoms with E-state index >= 15 is 0 Å². The average molecular weight is 529 g/mol. The molecule has 8 nitrogen and oxygen atoms in total. The Bertz CT molecular complexity index is 1260. The number of nitrogens with zero attached hydrogens (tertiary/aromatic N) is 3. The summed E-state index contributed by atoms with van der Waals surface area (Å²) < 4.78 is 26.1. The molecule has 10 heteroatoms. The van der Waals surface area contributed by atoms with E-state index in [4.69, 9.17) is 11.6 Å². The van der Waals surface area contributed by atoms with Crippen LogP contribution in [0.25, 0.3) is 0 Å². The number of carbonyl (C=O) groups is 2. The van der Waals surface area contributed by atoms with Crippen LogP contribution >= 0.6 is 11.6 Å². The van der Waals surface area contributed by atoms with Gasteiger partial charge in [0.15, 0.2) is 0 Å². The van der Waals surface area contributed by atoms with E-state index in [1.807, 2.05) is 12.1 Å². The van der Waals surface area contributed by atoms with Gasteiger partial charge >= 0.3 is 0 Å². The molecule has 0 unspecified atom stereocenters. The number of hydrogen-bond acceptors (Lipinski definition) is 5. The van der Waals surface area contributed by atoms with E-state index in [9.17, 15) is 18.0 Å². The second-order valence-electron chi connectivity index (χ2n) is 8.38. The molecule has 2 amide bonds. The van der Waals surface area contributed by atoms with E-state index < -0.39 is 28.5 Å². The van der Waals surface area contributed by atoms with E-state index in [1.54, 1.807) is 73.8 Å². The van der Waals surface area contributed by atoms with Gasteiger partial charge in [-0.15, -0.1) is 0 Å². The molecule has 1 aromatic heterocycles. The fourth-order valence-corrected chi connectivity index (χ4v) is 4.37. The van der Waals surface area contributed by atoms with Crippen molar-refractivity contribution < 1.29 is 18.0 Å². The van der Waals surface area contributed by atoms with Crippen LogP contribution in [-0.4, -0.2) is 53.3 Å². The van der Waals surface area contributed by atoms with Crippen LogP contribution in [0, 0.1) is 0 Å². The largest absolute Gasteiger partial charge is 0.349 e. The second-order valence-corrected chi connectivity index (χ2v) is 10.8. The Morgan fingerprint density at radius 3 is 2.19 bits per heavy atom. The maximum absolute atomic E-state index is 13.5. The van der Waals surface area contributed by atoms with Crippen molar-refractivity contribution in [2.24, 2.45) is 0 Å². The van der Waals surface area contributed by atoms with E-state index in [0.717, 1.165) is 21.7 Å². The normalized spacial score (nSPS) is 12.2. The van der Waals surface area contributed by atoms with E-state index in [0.29, 0.717) is 10.7 Å². The first-order valence-corrected chi connectivity index (χ1v) is 13.6. The molecule has 1 N–H and O–H groups in total. The molecular formula is C26H29ClN4O4S. The predicted octanol–water partition coefficient (Wildman–Crippen LogP) is 3.23. The zero-order valence-electron chi connectivity index (χ0n) is 20.2. The third-order valence-electron chi connectivity index (χ3n) is 5.59. The quantitative estimate of drug-likeness (QED) is 0.412. The first-order chi connectivity index (χ1) is 17.1. The molecule has 0 saturated heterocycles. The van der Waals surface area contributed by atoms with Crippen molar-refractivity contribution in [2.45, 2.75) is 32.6 Å². The summed E-state index contributed by atoms with van der Waals surface area (Å²) >= 11 is 6.00. The van der Waals surface area contributed by atoms with Gasteiger partial charge in [-0.25, -0.2) is 8.42 Å². The molecule has 0 aliphatic heterocycles. The summed E-state index contributed by atoms with van der Waals surface area (Å²) in [5.41, 5.74) is 2.19. The lowest BCUT2D eigenvalue weighted by atomic mass is 10.1. The Balaban J connectivity index is 1.80. The van der Waals surface area contributed by atoms with Crippen molar-refractivity contribution in [3.8, 4) is 0 Å². The number of hydrogen-bond donors (Lipinski definition) is 1. The van der Waals surface area contributed by atoms with Gasteiger partial charge in [0.05, 0.1) is 25.0 Å². The third kappa shape index (κ3) is 8.15. The van der Waals surface area contributed by atoms with Crippen LogP contribution in [0.4, 0.5) is 0 Å². The van der Waals surface area contributed by atoms with Crippen LogP contribution in [-0.2, 0) is 39.2 Å². The Morgan fingerprint density at radius 2 is 1.58 bits per heavy atom. The topological polar surface area (TPSA) is 99.7 Å². The number of rotatable bonds is 11. The van der Waals surface area contributed by atoms with Gasteiger partial charge in [-0.05, 0) is 42.3 Å². The number of sulfonamides is 1. The Morgan fingerprint density at radius 1 is 0.944 bits per heavy atom. The molecule has 3 rings (SSSR count). The smallest absolute Gasteiger partial charge is 0.242 e. The van der Waals surface area contributed by atoms with Gasteiger partial charge in [0.25, 0.3) is 0 Å². The first-order valence-electron chi connectivity index (χ1n) is 11.3. The number of pyridine rings is 1. The van der Waals surface area contributed by atoms with Gasteiger partial charge in [-0.2, -0.15) is 4.31 Å². The van der Waals surface area contributed by atoms with Crippen molar-refractivity contribution in [3.63, 3.8) is 0 Å². The molecule has 0 saturated carbocycles. The maximum atomic E-state index is 13.5. The lowest BCUT2D eigenvalue weighted by molar-refractivity contribution is -0.140. The van der Waals surface area contributed by atoms with Crippen molar-refractivity contribution >= 4 is 33.4 Å². The van der Waals surface area contributed by atoms with Gasteiger partial charge in [-0.3, -0.25) is 14.6 Å². The van der Waals surface area contributed by atoms with Gasteiger partial charge in [0, 0.05) is 24.3 Å². The summed E-state index contributed by atoms with van der Waals surface area (Å²) in [4.78, 5) is 32.0. The molecular weight excluding hydrogens is 500 g/mol. The van der Waals surface area contributed by atoms with Crippen LogP contribution in [0.2, 0.25) is 5.02 Å². The zero-order valence-corrected chi connectivity index (χ0v) is 21.7. The third-order valence-corrected chi connectivity index (χ3v) is 7.03. The maximum Gasteiger partial charge on any atom is 0.242 e. The lowest BCUT2D eigenvalue weighted by Gasteiger charge is -2.31. The summed E-state index contributed by atoms with van der Waals surface area (Å²) in [6.07, 6.45) is 2.70. The molecule has 1 heterocycles. The highest BCUT2D eigenvalue weighted by molar-refractivity contribution is 7.88. The van der Waals surface area contributed by atoms with Crippen LogP contribution in [0.15, 0.2) is 79.0 Å². The second kappa shape index (κ2) is 12.6. The molecule has 0 bridgehead atoms. The first kappa shape index (κ1) is 27.3. The minimum Gasteiger partial charge on any atom is -0.349 e. The van der Waals surface area contributed by atoms with Gasteiger partial charge in [0.1, 0.15) is 6.04 Å². The Hall–Kier alpha value is -3.27. The fourth-order valence-electron chi connectivity index (χ4n) is 3.52. The number of benzene rings is 2. The standard InChI is InChI=1S/C26H29ClN4O4S/c1-20(26(33)29-16-24-10-6-7-15-28-24)31(18-22-11-13-23(27)14-12-22)25(32)19-30(36(2,34)35)17-21-8-4-3-5-9-21/h3-15,20H,16-19H2,1-2H3,(H,29,33)/t20-/m1/s1. The van der Waals surface area contributed by atoms with E-state index in [2.05, 4.69) is 10.3 Å². The van der Waals surface area contributed by atoms with Crippen LogP contribution in [0.5, 0.6) is 0 Å². The highest BCUT2D eigenvalue weighted by Gasteiger charge is 2.30. The average Bonchev–Trinajstić information content (AvgIpc) is 2.86. The molecule has 0 radical (unpaired) electrons. The van der Waals surface area contributed by atoms with Crippen LogP contribution in [0.1, 0.15) is 23.7 Å². The number of amides is 2. The molecule has 1 atom stereocenters. The van der Waals surface area contributed by atoms with Crippen LogP contribution < -0.4 is 5.32 Å². The van der Waals surface area contributed by atoms with Crippen LogP contribution in [0.3, 0.4) is 0 Å². The van der Waals surface area contributed by atoms with Crippen molar-refractivity contribution in [3.05, 3.63) is 101 Å². The van der Waals surface area contributed by atoms with Crippen molar-refractivity contribution in [1.82, 2.24) is 19.5 Å². The summed E-state index contributed by atoms with van der Waals surface area (Å²) in [5.74, 6) is -0.872. The Labute approximate surface area is 217 Å². The summed E-state index contributed by atoms with van der Waals surface area (Å²) in [5, 5.41) is 3.35. The molecule has 2 aromatic carbocycles. The van der Waals surface area contributed by atoms with E-state index in [1.165, 1.54) is 4.90 Å². The number of halogens is 1. The lowest BCUT2D eigenvalue weighted by Crippen LogP contribution is -2.50. The predicted molar refractivity (Wildman–Crippen MR) is 139 cm³/mol. The summed E-state index contributed by atoms with van der Waals surface area (Å²) in [6, 6.07) is 20.5. The SMILES string of the molecule is C[C@H](C(=O)NCc1ccccn1)N(Cc1ccc(Cl)cc1)C(=O)CN(Cc1ccccc1)S(C)(=O)=O. The summed E-state index contributed by atoms with van der Waals surface area (Å²) in [7, 11) is -3.70. The van der Waals surface area contributed by atoms with Gasteiger partial charge in [-0.1, -0.05) is 60.1 Å². The van der Waals surface area contributed by atoms with E-state index in [-0.39, 0.29) is 25.5 Å². The highest BCUT2D eigenvalue weighted by atomic mass is 35.5. The molecule has 36 heavy (non-hydrogen) atoms. The molecule has 190 valence electrons. The highest BCUT2D eigenvalue weighted by Crippen LogP contribution is 2.16. The minimum atomic E-state index is -3.70. The minimum absolute atomic E-state index is 0.0421. The number of carbonyl (C=O) groups excluding carboxylic acids is 2. The van der Waals surface area contributed by atoms with Gasteiger partial charge < -0.3 is 10.2 Å². The van der Waals surface area contributed by atoms with Crippen molar-refractivity contribution in [2.75, 3.05) is 12.8 Å². The molecule has 3 aromatic rings. The molecule has 0 aliphatic rings. The summed E-state index contributed by atoms with van der Waals surface area (Å²) in [6.45, 7) is 1.57. The zero-order chi connectivity index (χ0) is 26.1. The van der Waals surface area contributed by atoms with Crippen molar-refractivity contribution in [1.29, 1.82) is 0 Å². The number of nitrogens with one attached hydrogen (secondary N) is 1. The fraction of sp³-hybridized carbons (Fsp3) is 0.269. The van der Waals surface area contributed by atoms with Gasteiger partial charge in [0.2, 0.25) is 21.8 Å². The molecule has 0 fully saturated rings. The number of aromatic nitrogens is 1. The monoisotopic (exact) mass is 528 g/mol. The Kier molecular flexibility index (Phi) is 9.58. The molecule has 0 spiro atoms.